The molecule has 34 heavy (non-hydrogen) atoms. The van der Waals surface area contributed by atoms with Crippen molar-refractivity contribution in [3.8, 4) is 22.3 Å². The molecule has 1 saturated heterocycles. The van der Waals surface area contributed by atoms with E-state index in [0.29, 0.717) is 49.0 Å². The van der Waals surface area contributed by atoms with Crippen molar-refractivity contribution < 1.29 is 23.1 Å². The molecule has 178 valence electrons. The third kappa shape index (κ3) is 4.77. The predicted molar refractivity (Wildman–Crippen MR) is 125 cm³/mol. The van der Waals surface area contributed by atoms with Crippen molar-refractivity contribution in [3.05, 3.63) is 71.4 Å². The minimum absolute atomic E-state index is 0.0740. The summed E-state index contributed by atoms with van der Waals surface area (Å²) in [7, 11) is 0. The second-order valence-electron chi connectivity index (χ2n) is 8.44. The predicted octanol–water partition coefficient (Wildman–Crippen LogP) is 5.18. The van der Waals surface area contributed by atoms with E-state index in [0.717, 1.165) is 28.8 Å². The number of amides is 1. The Morgan fingerprint density at radius 2 is 1.65 bits per heavy atom. The number of hydrogen-bond donors (Lipinski definition) is 2. The lowest BCUT2D eigenvalue weighted by Gasteiger charge is -2.29. The van der Waals surface area contributed by atoms with Crippen LogP contribution in [0.15, 0.2) is 54.7 Å². The number of alkyl halides is 3. The average Bonchev–Trinajstić information content (AvgIpc) is 2.83. The number of aliphatic hydroxyl groups is 1. The molecule has 1 fully saturated rings. The summed E-state index contributed by atoms with van der Waals surface area (Å²) in [5, 5.41) is 9.66. The van der Waals surface area contributed by atoms with E-state index >= 15 is 0 Å². The van der Waals surface area contributed by atoms with Crippen molar-refractivity contribution in [2.45, 2.75) is 38.5 Å². The van der Waals surface area contributed by atoms with Gasteiger partial charge in [0.05, 0.1) is 11.7 Å². The number of nitrogen functional groups attached to an aromatic ring is 1. The third-order valence-corrected chi connectivity index (χ3v) is 6.26. The lowest BCUT2D eigenvalue weighted by Crippen LogP contribution is -2.40. The molecule has 1 aliphatic rings. The van der Waals surface area contributed by atoms with Crippen LogP contribution in [0.25, 0.3) is 22.3 Å². The van der Waals surface area contributed by atoms with Gasteiger partial charge in [0.25, 0.3) is 5.91 Å². The van der Waals surface area contributed by atoms with Gasteiger partial charge in [0.2, 0.25) is 0 Å². The van der Waals surface area contributed by atoms with Crippen molar-refractivity contribution >= 4 is 11.7 Å². The number of anilines is 1. The number of benzene rings is 2. The summed E-state index contributed by atoms with van der Waals surface area (Å²) in [5.74, 6) is 0.175. The van der Waals surface area contributed by atoms with Gasteiger partial charge in [0.1, 0.15) is 5.82 Å². The zero-order valence-electron chi connectivity index (χ0n) is 18.8. The molecule has 3 N–H and O–H groups in total. The Morgan fingerprint density at radius 1 is 1.06 bits per heavy atom. The molecule has 2 heterocycles. The number of halogens is 3. The molecule has 5 nitrogen and oxygen atoms in total. The number of hydrogen-bond acceptors (Lipinski definition) is 4. The molecular formula is C26H26F3N3O2. The van der Waals surface area contributed by atoms with Gasteiger partial charge in [-0.15, -0.1) is 0 Å². The largest absolute Gasteiger partial charge is 0.416 e. The van der Waals surface area contributed by atoms with E-state index in [1.807, 2.05) is 19.1 Å². The summed E-state index contributed by atoms with van der Waals surface area (Å²) in [4.78, 5) is 18.8. The van der Waals surface area contributed by atoms with Crippen molar-refractivity contribution in [2.24, 2.45) is 0 Å². The molecule has 0 aliphatic carbocycles. The number of rotatable bonds is 4. The fourth-order valence-corrected chi connectivity index (χ4v) is 4.37. The molecule has 1 aromatic heterocycles. The first-order chi connectivity index (χ1) is 16.2. The second-order valence-corrected chi connectivity index (χ2v) is 8.44. The van der Waals surface area contributed by atoms with Crippen LogP contribution in [0.1, 0.15) is 41.3 Å². The van der Waals surface area contributed by atoms with E-state index < -0.39 is 11.7 Å². The smallest absolute Gasteiger partial charge is 0.393 e. The van der Waals surface area contributed by atoms with Gasteiger partial charge in [-0.3, -0.25) is 4.79 Å². The molecule has 3 aromatic rings. The minimum Gasteiger partial charge on any atom is -0.393 e. The number of nitrogens with two attached hydrogens (primary N) is 1. The van der Waals surface area contributed by atoms with Gasteiger partial charge in [-0.05, 0) is 60.2 Å². The van der Waals surface area contributed by atoms with Gasteiger partial charge in [0, 0.05) is 36.0 Å². The van der Waals surface area contributed by atoms with Crippen LogP contribution < -0.4 is 5.73 Å². The molecule has 0 atom stereocenters. The van der Waals surface area contributed by atoms with Crippen LogP contribution >= 0.6 is 0 Å². The van der Waals surface area contributed by atoms with Crippen LogP contribution in [0.5, 0.6) is 0 Å². The highest BCUT2D eigenvalue weighted by Gasteiger charge is 2.30. The van der Waals surface area contributed by atoms with E-state index in [2.05, 4.69) is 4.98 Å². The van der Waals surface area contributed by atoms with E-state index in [-0.39, 0.29) is 17.8 Å². The van der Waals surface area contributed by atoms with Crippen LogP contribution in [-0.4, -0.2) is 40.1 Å². The van der Waals surface area contributed by atoms with E-state index in [4.69, 9.17) is 5.73 Å². The molecule has 0 radical (unpaired) electrons. The fraction of sp³-hybridized carbons (Fsp3) is 0.308. The first kappa shape index (κ1) is 23.8. The highest BCUT2D eigenvalue weighted by Crippen LogP contribution is 2.37. The maximum Gasteiger partial charge on any atom is 0.416 e. The van der Waals surface area contributed by atoms with Crippen LogP contribution in [0.4, 0.5) is 19.0 Å². The van der Waals surface area contributed by atoms with Crippen molar-refractivity contribution in [1.82, 2.24) is 9.88 Å². The molecule has 2 aromatic carbocycles. The first-order valence-electron chi connectivity index (χ1n) is 11.2. The van der Waals surface area contributed by atoms with Gasteiger partial charge >= 0.3 is 6.18 Å². The molecule has 1 aliphatic heterocycles. The van der Waals surface area contributed by atoms with Crippen molar-refractivity contribution in [2.75, 3.05) is 18.8 Å². The second kappa shape index (κ2) is 9.46. The number of likely N-dealkylation sites (tertiary alicyclic amines) is 1. The summed E-state index contributed by atoms with van der Waals surface area (Å²) in [6.45, 7) is 3.01. The van der Waals surface area contributed by atoms with Gasteiger partial charge in [-0.25, -0.2) is 4.98 Å². The highest BCUT2D eigenvalue weighted by molar-refractivity contribution is 5.95. The molecule has 0 spiro atoms. The maximum absolute atomic E-state index is 13.0. The Labute approximate surface area is 196 Å². The minimum atomic E-state index is -4.41. The summed E-state index contributed by atoms with van der Waals surface area (Å²) >= 11 is 0. The lowest BCUT2D eigenvalue weighted by atomic mass is 9.91. The standard InChI is InChI=1S/C26H26F3N3O2/c1-2-21-22(15-31-24(30)23(21)17-7-9-19(10-8-17)26(27,28)29)16-3-5-18(6-4-16)25(34)32-13-11-20(33)12-14-32/h3-10,15,20,33H,2,11-14H2,1H3,(H2,30,31). The Morgan fingerprint density at radius 3 is 2.21 bits per heavy atom. The Bertz CT molecular complexity index is 1170. The monoisotopic (exact) mass is 469 g/mol. The van der Waals surface area contributed by atoms with Crippen molar-refractivity contribution in [3.63, 3.8) is 0 Å². The summed E-state index contributed by atoms with van der Waals surface area (Å²) in [6, 6.07) is 12.1. The van der Waals surface area contributed by atoms with E-state index in [9.17, 15) is 23.1 Å². The summed E-state index contributed by atoms with van der Waals surface area (Å²) in [6.07, 6.45) is -1.36. The number of pyridine rings is 1. The first-order valence-corrected chi connectivity index (χ1v) is 11.2. The van der Waals surface area contributed by atoms with E-state index in [1.165, 1.54) is 12.1 Å². The number of carbonyl (C=O) groups is 1. The maximum atomic E-state index is 13.0. The number of nitrogens with zero attached hydrogens (tertiary/aromatic N) is 2. The summed E-state index contributed by atoms with van der Waals surface area (Å²) in [5.41, 5.74) is 9.69. The highest BCUT2D eigenvalue weighted by atomic mass is 19.4. The topological polar surface area (TPSA) is 79.5 Å². The summed E-state index contributed by atoms with van der Waals surface area (Å²) < 4.78 is 38.9. The van der Waals surface area contributed by atoms with E-state index in [1.54, 1.807) is 23.2 Å². The fourth-order valence-electron chi connectivity index (χ4n) is 4.37. The molecule has 0 saturated carbocycles. The van der Waals surface area contributed by atoms with Crippen LogP contribution in [0.2, 0.25) is 0 Å². The van der Waals surface area contributed by atoms with Crippen LogP contribution in [0.3, 0.4) is 0 Å². The van der Waals surface area contributed by atoms with Crippen LogP contribution in [-0.2, 0) is 12.6 Å². The molecule has 4 rings (SSSR count). The average molecular weight is 470 g/mol. The Hall–Kier alpha value is -3.39. The Balaban J connectivity index is 1.66. The number of carbonyl (C=O) groups excluding carboxylic acids is 1. The van der Waals surface area contributed by atoms with Crippen molar-refractivity contribution in [1.29, 1.82) is 0 Å². The zero-order valence-corrected chi connectivity index (χ0v) is 18.8. The quantitative estimate of drug-likeness (QED) is 0.552. The molecule has 1 amide bonds. The number of aliphatic hydroxyl groups excluding tert-OH is 1. The van der Waals surface area contributed by atoms with Gasteiger partial charge < -0.3 is 15.7 Å². The van der Waals surface area contributed by atoms with Crippen LogP contribution in [0, 0.1) is 0 Å². The molecule has 0 bridgehead atoms. The normalized spacial score (nSPS) is 14.9. The molecular weight excluding hydrogens is 443 g/mol. The molecule has 0 unspecified atom stereocenters. The van der Waals surface area contributed by atoms with Gasteiger partial charge in [-0.1, -0.05) is 31.2 Å². The third-order valence-electron chi connectivity index (χ3n) is 6.26. The molecule has 8 heteroatoms. The number of aromatic nitrogens is 1. The van der Waals surface area contributed by atoms with Gasteiger partial charge in [0.15, 0.2) is 0 Å². The lowest BCUT2D eigenvalue weighted by molar-refractivity contribution is -0.137. The SMILES string of the molecule is CCc1c(-c2ccc(C(=O)N3CCC(O)CC3)cc2)cnc(N)c1-c1ccc(C(F)(F)F)cc1. The Kier molecular flexibility index (Phi) is 6.61. The number of piperidine rings is 1. The van der Waals surface area contributed by atoms with Gasteiger partial charge in [-0.2, -0.15) is 13.2 Å². The zero-order chi connectivity index (χ0) is 24.5.